The van der Waals surface area contributed by atoms with Crippen molar-refractivity contribution in [1.29, 1.82) is 0 Å². The van der Waals surface area contributed by atoms with Crippen LogP contribution in [0.15, 0.2) is 41.9 Å². The molecule has 0 aliphatic heterocycles. The molecule has 0 atom stereocenters. The van der Waals surface area contributed by atoms with Gasteiger partial charge in [-0.25, -0.2) is 19.9 Å². The molecule has 0 aromatic carbocycles. The van der Waals surface area contributed by atoms with Crippen LogP contribution in [0.3, 0.4) is 0 Å². The first kappa shape index (κ1) is 12.8. The Morgan fingerprint density at radius 2 is 1.73 bits per heavy atom. The molecule has 4 rings (SSSR count). The number of nitrogens with two attached hydrogens (primary N) is 2. The van der Waals surface area contributed by atoms with Crippen molar-refractivity contribution in [1.82, 2.24) is 24.3 Å². The van der Waals surface area contributed by atoms with Crippen molar-refractivity contribution < 1.29 is 0 Å². The van der Waals surface area contributed by atoms with Crippen molar-refractivity contribution in [2.45, 2.75) is 5.16 Å². The van der Waals surface area contributed by atoms with E-state index < -0.39 is 0 Å². The number of pyridine rings is 1. The number of hydrogen-bond acceptors (Lipinski definition) is 7. The van der Waals surface area contributed by atoms with Crippen LogP contribution in [-0.2, 0) is 0 Å². The van der Waals surface area contributed by atoms with E-state index in [0.717, 1.165) is 16.5 Å². The van der Waals surface area contributed by atoms with Gasteiger partial charge in [0.05, 0.1) is 16.6 Å². The molecule has 0 unspecified atom stereocenters. The molecule has 4 aromatic rings. The molecule has 0 amide bonds. The Morgan fingerprint density at radius 3 is 2.55 bits per heavy atom. The average Bonchev–Trinajstić information content (AvgIpc) is 2.84. The van der Waals surface area contributed by atoms with Crippen LogP contribution in [0, 0.1) is 0 Å². The van der Waals surface area contributed by atoms with Gasteiger partial charge < -0.3 is 11.5 Å². The number of nitrogens with zero attached hydrogens (tertiary/aromatic N) is 5. The summed E-state index contributed by atoms with van der Waals surface area (Å²) in [5, 5.41) is 1.17. The number of aromatic nitrogens is 5. The summed E-state index contributed by atoms with van der Waals surface area (Å²) < 4.78 is 1.77. The van der Waals surface area contributed by atoms with Crippen LogP contribution in [-0.4, -0.2) is 24.3 Å². The smallest absolute Gasteiger partial charge is 0.206 e. The summed E-state index contributed by atoms with van der Waals surface area (Å²) in [6.07, 6.45) is 4.94. The lowest BCUT2D eigenvalue weighted by Gasteiger charge is -2.02. The monoisotopic (exact) mass is 309 g/mol. The maximum Gasteiger partial charge on any atom is 0.206 e. The Bertz CT molecular complexity index is 1020. The Balaban J connectivity index is 2.27. The topological polar surface area (TPSA) is 108 Å². The molecule has 7 nitrogen and oxygen atoms in total. The number of rotatable bonds is 1. The molecule has 8 heteroatoms. The molecule has 4 N–H and O–H groups in total. The number of fused-ring (bicyclic) bond motifs is 3. The summed E-state index contributed by atoms with van der Waals surface area (Å²) in [7, 11) is 0. The molecule has 0 spiro atoms. The minimum atomic E-state index is 0.340. The molecule has 0 aliphatic carbocycles. The normalized spacial score (nSPS) is 11.3. The van der Waals surface area contributed by atoms with E-state index in [1.807, 2.05) is 6.07 Å². The van der Waals surface area contributed by atoms with E-state index in [9.17, 15) is 0 Å². The highest BCUT2D eigenvalue weighted by molar-refractivity contribution is 7.80. The summed E-state index contributed by atoms with van der Waals surface area (Å²) in [5.74, 6) is 0.340. The fourth-order valence-electron chi connectivity index (χ4n) is 2.62. The quantitative estimate of drug-likeness (QED) is 0.365. The van der Waals surface area contributed by atoms with Gasteiger partial charge in [-0.1, -0.05) is 0 Å². The third-order valence-corrected chi connectivity index (χ3v) is 3.70. The molecule has 108 valence electrons. The minimum Gasteiger partial charge on any atom is -0.398 e. The average molecular weight is 309 g/mol. The van der Waals surface area contributed by atoms with Gasteiger partial charge >= 0.3 is 0 Å². The van der Waals surface area contributed by atoms with Gasteiger partial charge in [-0.3, -0.25) is 4.40 Å². The SMILES string of the molecule is Nc1ccnc2c1c(-c1ccnc(S)n1)c1ccnc(N)n12. The second kappa shape index (κ2) is 4.57. The van der Waals surface area contributed by atoms with Gasteiger partial charge in [0.2, 0.25) is 5.95 Å². The number of nitrogen functional groups attached to an aromatic ring is 2. The largest absolute Gasteiger partial charge is 0.398 e. The Morgan fingerprint density at radius 1 is 0.955 bits per heavy atom. The van der Waals surface area contributed by atoms with Crippen LogP contribution in [0.2, 0.25) is 0 Å². The first-order valence-electron chi connectivity index (χ1n) is 6.48. The van der Waals surface area contributed by atoms with Crippen molar-refractivity contribution in [2.75, 3.05) is 11.5 Å². The summed E-state index contributed by atoms with van der Waals surface area (Å²) in [6.45, 7) is 0. The van der Waals surface area contributed by atoms with Crippen molar-refractivity contribution in [3.05, 3.63) is 36.8 Å². The second-order valence-electron chi connectivity index (χ2n) is 4.74. The molecule has 22 heavy (non-hydrogen) atoms. The van der Waals surface area contributed by atoms with Gasteiger partial charge in [-0.15, -0.1) is 12.6 Å². The maximum atomic E-state index is 6.17. The highest BCUT2D eigenvalue weighted by atomic mass is 32.1. The van der Waals surface area contributed by atoms with Gasteiger partial charge in [0, 0.05) is 29.8 Å². The molecule has 0 bridgehead atoms. The molecule has 0 aliphatic rings. The molecule has 4 aromatic heterocycles. The van der Waals surface area contributed by atoms with E-state index in [1.54, 1.807) is 35.1 Å². The van der Waals surface area contributed by atoms with Crippen molar-refractivity contribution >= 4 is 40.8 Å². The van der Waals surface area contributed by atoms with E-state index in [4.69, 9.17) is 11.5 Å². The van der Waals surface area contributed by atoms with Gasteiger partial charge in [0.1, 0.15) is 5.65 Å². The van der Waals surface area contributed by atoms with E-state index in [2.05, 4.69) is 32.6 Å². The van der Waals surface area contributed by atoms with E-state index >= 15 is 0 Å². The highest BCUT2D eigenvalue weighted by Gasteiger charge is 2.19. The third-order valence-electron chi connectivity index (χ3n) is 3.49. The van der Waals surface area contributed by atoms with E-state index in [0.29, 0.717) is 28.1 Å². The summed E-state index contributed by atoms with van der Waals surface area (Å²) in [5.41, 5.74) is 15.8. The van der Waals surface area contributed by atoms with Crippen molar-refractivity contribution in [3.8, 4) is 11.3 Å². The van der Waals surface area contributed by atoms with Crippen LogP contribution < -0.4 is 11.5 Å². The highest BCUT2D eigenvalue weighted by Crippen LogP contribution is 2.37. The molecule has 0 fully saturated rings. The van der Waals surface area contributed by atoms with E-state index in [1.165, 1.54) is 0 Å². The predicted molar refractivity (Wildman–Crippen MR) is 87.6 cm³/mol. The van der Waals surface area contributed by atoms with Gasteiger partial charge in [-0.05, 0) is 18.2 Å². The Hall–Kier alpha value is -2.87. The zero-order valence-corrected chi connectivity index (χ0v) is 12.2. The maximum absolute atomic E-state index is 6.17. The van der Waals surface area contributed by atoms with E-state index in [-0.39, 0.29) is 0 Å². The standard InChI is InChI=1S/C14H11N7S/c15-7-1-4-17-12-10(7)11(8-2-5-19-14(22)20-8)9-3-6-18-13(16)21(9)12/h1-6H,(H2,15,17)(H2,16,18)(H,19,20,22). The second-order valence-corrected chi connectivity index (χ2v) is 5.14. The van der Waals surface area contributed by atoms with Gasteiger partial charge in [-0.2, -0.15) is 0 Å². The summed E-state index contributed by atoms with van der Waals surface area (Å²) >= 11 is 4.21. The lowest BCUT2D eigenvalue weighted by atomic mass is 10.1. The zero-order chi connectivity index (χ0) is 15.3. The molecular weight excluding hydrogens is 298 g/mol. The fraction of sp³-hybridized carbons (Fsp3) is 0. The molecule has 4 heterocycles. The van der Waals surface area contributed by atoms with Crippen LogP contribution in [0.1, 0.15) is 0 Å². The van der Waals surface area contributed by atoms with Crippen LogP contribution in [0.5, 0.6) is 0 Å². The first-order chi connectivity index (χ1) is 10.7. The van der Waals surface area contributed by atoms with Crippen molar-refractivity contribution in [2.24, 2.45) is 0 Å². The number of anilines is 2. The molecule has 0 saturated carbocycles. The number of thiol groups is 1. The third kappa shape index (κ3) is 1.70. The van der Waals surface area contributed by atoms with Crippen LogP contribution in [0.4, 0.5) is 11.6 Å². The van der Waals surface area contributed by atoms with Crippen LogP contribution in [0.25, 0.3) is 27.8 Å². The predicted octanol–water partition coefficient (Wildman–Crippen LogP) is 1.79. The number of hydrogen-bond donors (Lipinski definition) is 3. The molecular formula is C14H11N7S. The summed E-state index contributed by atoms with van der Waals surface area (Å²) in [4.78, 5) is 16.9. The lowest BCUT2D eigenvalue weighted by Crippen LogP contribution is -2.00. The lowest BCUT2D eigenvalue weighted by molar-refractivity contribution is 0.982. The zero-order valence-electron chi connectivity index (χ0n) is 11.3. The van der Waals surface area contributed by atoms with Crippen LogP contribution >= 0.6 is 12.6 Å². The molecule has 0 saturated heterocycles. The fourth-order valence-corrected chi connectivity index (χ4v) is 2.80. The van der Waals surface area contributed by atoms with Crippen molar-refractivity contribution in [3.63, 3.8) is 0 Å². The Labute approximate surface area is 130 Å². The van der Waals surface area contributed by atoms with Gasteiger partial charge in [0.25, 0.3) is 0 Å². The van der Waals surface area contributed by atoms with Gasteiger partial charge in [0.15, 0.2) is 5.16 Å². The Kier molecular flexibility index (Phi) is 2.67. The minimum absolute atomic E-state index is 0.340. The molecule has 0 radical (unpaired) electrons. The summed E-state index contributed by atoms with van der Waals surface area (Å²) in [6, 6.07) is 5.41. The first-order valence-corrected chi connectivity index (χ1v) is 6.93.